The fraction of sp³-hybridized carbons (Fsp3) is 0.371. The average molecular weight is 1170 g/mol. The number of esters is 2. The summed E-state index contributed by atoms with van der Waals surface area (Å²) in [5, 5.41) is 42.7. The summed E-state index contributed by atoms with van der Waals surface area (Å²) in [6, 6.07) is 37.1. The fourth-order valence-corrected chi connectivity index (χ4v) is 12.4. The molecule has 2 amide bonds. The highest BCUT2D eigenvalue weighted by Crippen LogP contribution is 2.46. The molecule has 0 atom stereocenters. The first-order chi connectivity index (χ1) is 40.5. The number of ketones is 1. The molecular weight excluding hydrogens is 1080 g/mol. The molecule has 9 rings (SSSR count). The molecule has 2 aliphatic carbocycles. The monoisotopic (exact) mass is 1170 g/mol. The van der Waals surface area contributed by atoms with E-state index < -0.39 is 63.9 Å². The van der Waals surface area contributed by atoms with Gasteiger partial charge >= 0.3 is 11.9 Å². The number of carbonyl (C=O) groups is 5. The van der Waals surface area contributed by atoms with Crippen molar-refractivity contribution in [1.82, 2.24) is 20.0 Å². The second kappa shape index (κ2) is 24.6. The molecule has 0 aromatic heterocycles. The van der Waals surface area contributed by atoms with Crippen LogP contribution in [-0.4, -0.2) is 95.3 Å². The SMILES string of the molecule is Cc1ccc(N(c2ccc(C)cc2)c2ccc(C3=C(O)/C(=C4/C=CC(=[N+](c5ccc(C)cc5)c5ccc(C)cc5)C=C4NC(=O)CCC(=O)OC4CC(C)(C)N(O)C(C)(C)C4)C3=O)c(NC(=O)CCC(=O)OC3CC(C)(C)N(O)C(C)(C)C3)c2)cc1. The van der Waals surface area contributed by atoms with Gasteiger partial charge in [0, 0.05) is 125 Å². The minimum Gasteiger partial charge on any atom is -0.506 e. The summed E-state index contributed by atoms with van der Waals surface area (Å²) in [4.78, 5) is 72.3. The number of aryl methyl sites for hydroxylation is 4. The molecule has 16 nitrogen and oxygen atoms in total. The summed E-state index contributed by atoms with van der Waals surface area (Å²) in [5.74, 6) is -3.17. The first-order valence-corrected chi connectivity index (χ1v) is 29.5. The maximum atomic E-state index is 15.1. The minimum absolute atomic E-state index is 0.0811. The lowest BCUT2D eigenvalue weighted by Gasteiger charge is -2.50. The van der Waals surface area contributed by atoms with Gasteiger partial charge in [-0.05, 0) is 132 Å². The van der Waals surface area contributed by atoms with E-state index in [1.807, 2.05) is 202 Å². The molecule has 2 fully saturated rings. The highest BCUT2D eigenvalue weighted by molar-refractivity contribution is 6.40. The van der Waals surface area contributed by atoms with E-state index >= 15 is 4.79 Å². The predicted molar refractivity (Wildman–Crippen MR) is 335 cm³/mol. The van der Waals surface area contributed by atoms with E-state index in [1.165, 1.54) is 10.1 Å². The van der Waals surface area contributed by atoms with Crippen molar-refractivity contribution in [3.05, 3.63) is 184 Å². The zero-order chi connectivity index (χ0) is 62.2. The standard InChI is InChI=1S/C70H80N6O10/c1-43-13-21-47(22-14-43)73(48-23-15-44(2)16-24-48)51-29-31-55(57(37-51)71-59(77)33-35-61(79)85-53-39-67(5,6)75(83)68(7,8)40-53)63-65(81)64(66(63)82)56-32-30-52(74(49-25-17-45(3)18-26-49)50-27-19-46(4)20-28-50)38-58(56)72-60(78)34-36-62(80)86-54-41-69(9,10)76(84)70(11,12)42-54/h13-32,37-38,53-54,83-84H,33-36,39-42H2,1-12H3,(H2,71,72,77,78,81,82)/p+1. The minimum atomic E-state index is -0.662. The van der Waals surface area contributed by atoms with Crippen molar-refractivity contribution in [3.63, 3.8) is 0 Å². The highest BCUT2D eigenvalue weighted by Gasteiger charge is 2.48. The third-order valence-electron chi connectivity index (χ3n) is 16.6. The lowest BCUT2D eigenvalue weighted by Crippen LogP contribution is -2.60. The number of Topliss-reactive ketones (excluding diaryl/α,β-unsaturated/α-hetero) is 1. The van der Waals surface area contributed by atoms with Gasteiger partial charge < -0.3 is 40.5 Å². The summed E-state index contributed by atoms with van der Waals surface area (Å²) in [7, 11) is 0. The summed E-state index contributed by atoms with van der Waals surface area (Å²) in [5.41, 5.74) is 6.72. The molecule has 0 bridgehead atoms. The molecule has 0 saturated carbocycles. The Labute approximate surface area is 504 Å². The van der Waals surface area contributed by atoms with Crippen LogP contribution in [0.5, 0.6) is 0 Å². The van der Waals surface area contributed by atoms with E-state index in [1.54, 1.807) is 24.3 Å². The van der Waals surface area contributed by atoms with E-state index in [9.17, 15) is 34.7 Å². The number of aliphatic hydroxyl groups is 1. The van der Waals surface area contributed by atoms with Crippen LogP contribution >= 0.6 is 0 Å². The van der Waals surface area contributed by atoms with Gasteiger partial charge in [0.05, 0.1) is 35.4 Å². The molecule has 4 aliphatic rings. The van der Waals surface area contributed by atoms with Crippen LogP contribution in [0, 0.1) is 27.7 Å². The van der Waals surface area contributed by atoms with Gasteiger partial charge in [-0.1, -0.05) is 70.8 Å². The lowest BCUT2D eigenvalue weighted by molar-refractivity contribution is -0.259. The average Bonchev–Trinajstić information content (AvgIpc) is 0.802. The molecular formula is C70H81N6O10+. The van der Waals surface area contributed by atoms with Crippen LogP contribution in [0.1, 0.15) is 135 Å². The molecule has 2 aliphatic heterocycles. The first kappa shape index (κ1) is 62.3. The molecule has 0 spiro atoms. The van der Waals surface area contributed by atoms with Gasteiger partial charge in [-0.25, -0.2) is 0 Å². The third kappa shape index (κ3) is 13.7. The molecule has 5 aromatic carbocycles. The van der Waals surface area contributed by atoms with Gasteiger partial charge in [-0.15, -0.1) is 0 Å². The van der Waals surface area contributed by atoms with Gasteiger partial charge in [0.2, 0.25) is 34.7 Å². The van der Waals surface area contributed by atoms with Crippen molar-refractivity contribution >= 4 is 74.9 Å². The lowest BCUT2D eigenvalue weighted by atomic mass is 9.78. The maximum absolute atomic E-state index is 15.1. The Morgan fingerprint density at radius 2 is 0.942 bits per heavy atom. The van der Waals surface area contributed by atoms with Crippen molar-refractivity contribution < 1.29 is 49.0 Å². The molecule has 5 N–H and O–H groups in total. The predicted octanol–water partition coefficient (Wildman–Crippen LogP) is 13.5. The molecule has 0 unspecified atom stereocenters. The van der Waals surface area contributed by atoms with E-state index in [0.717, 1.165) is 45.0 Å². The molecule has 86 heavy (non-hydrogen) atoms. The number of nitrogens with one attached hydrogen (secondary N) is 2. The Hall–Kier alpha value is -8.28. The van der Waals surface area contributed by atoms with Gasteiger partial charge in [-0.2, -0.15) is 14.7 Å². The number of nitrogens with zero attached hydrogens (tertiary/aromatic N) is 4. The Morgan fingerprint density at radius 1 is 0.547 bits per heavy atom. The van der Waals surface area contributed by atoms with Crippen LogP contribution in [0.15, 0.2) is 156 Å². The molecule has 450 valence electrons. The molecule has 5 aromatic rings. The van der Waals surface area contributed by atoms with Crippen molar-refractivity contribution in [2.24, 2.45) is 0 Å². The number of allylic oxidation sites excluding steroid dienone is 5. The zero-order valence-corrected chi connectivity index (χ0v) is 51.5. The van der Waals surface area contributed by atoms with Crippen LogP contribution in [0.25, 0.3) is 5.57 Å². The van der Waals surface area contributed by atoms with Crippen LogP contribution in [0.3, 0.4) is 0 Å². The second-order valence-corrected chi connectivity index (χ2v) is 25.9. The summed E-state index contributed by atoms with van der Waals surface area (Å²) in [6.07, 6.45) is 4.78. The Kier molecular flexibility index (Phi) is 17.8. The van der Waals surface area contributed by atoms with Crippen molar-refractivity contribution in [1.29, 1.82) is 0 Å². The number of piperidine rings is 2. The topological polar surface area (TPSA) is 201 Å². The zero-order valence-electron chi connectivity index (χ0n) is 51.5. The number of benzene rings is 5. The molecule has 16 heteroatoms. The van der Waals surface area contributed by atoms with Gasteiger partial charge in [0.25, 0.3) is 0 Å². The van der Waals surface area contributed by atoms with Crippen LogP contribution in [0.4, 0.5) is 34.1 Å². The largest absolute Gasteiger partial charge is 0.506 e. The summed E-state index contributed by atoms with van der Waals surface area (Å²) >= 11 is 0. The van der Waals surface area contributed by atoms with Gasteiger partial charge in [0.15, 0.2) is 0 Å². The number of hydrogen-bond acceptors (Lipinski definition) is 13. The van der Waals surface area contributed by atoms with Crippen LogP contribution in [-0.2, 0) is 33.4 Å². The number of carbonyl (C=O) groups excluding carboxylic acids is 5. The Balaban J connectivity index is 1.08. The normalized spacial score (nSPS) is 19.3. The molecule has 0 radical (unpaired) electrons. The van der Waals surface area contributed by atoms with Crippen molar-refractivity contribution in [2.45, 2.75) is 169 Å². The van der Waals surface area contributed by atoms with Crippen LogP contribution < -0.4 is 20.1 Å². The number of rotatable bonds is 16. The first-order valence-electron chi connectivity index (χ1n) is 29.5. The Bertz CT molecular complexity index is 3500. The second-order valence-electron chi connectivity index (χ2n) is 25.9. The number of hydrogen-bond donors (Lipinski definition) is 5. The van der Waals surface area contributed by atoms with E-state index in [2.05, 4.69) is 10.6 Å². The maximum Gasteiger partial charge on any atom is 0.306 e. The van der Waals surface area contributed by atoms with Gasteiger partial charge in [-0.3, -0.25) is 24.0 Å². The highest BCUT2D eigenvalue weighted by atomic mass is 16.6. The summed E-state index contributed by atoms with van der Waals surface area (Å²) < 4.78 is 13.8. The van der Waals surface area contributed by atoms with Crippen molar-refractivity contribution in [2.75, 3.05) is 10.2 Å². The fourth-order valence-electron chi connectivity index (χ4n) is 12.4. The number of ether oxygens (including phenoxy) is 2. The summed E-state index contributed by atoms with van der Waals surface area (Å²) in [6.45, 7) is 23.0. The molecule has 2 saturated heterocycles. The molecule has 2 heterocycles. The van der Waals surface area contributed by atoms with Gasteiger partial charge in [0.1, 0.15) is 18.0 Å². The van der Waals surface area contributed by atoms with E-state index in [-0.39, 0.29) is 65.1 Å². The number of amides is 2. The van der Waals surface area contributed by atoms with Crippen molar-refractivity contribution in [3.8, 4) is 0 Å². The smallest absolute Gasteiger partial charge is 0.306 e. The van der Waals surface area contributed by atoms with E-state index in [4.69, 9.17) is 9.47 Å². The third-order valence-corrected chi connectivity index (χ3v) is 16.6. The number of aliphatic hydroxyl groups excluding tert-OH is 1. The van der Waals surface area contributed by atoms with E-state index in [0.29, 0.717) is 37.1 Å². The van der Waals surface area contributed by atoms with Crippen LogP contribution in [0.2, 0.25) is 0 Å². The Morgan fingerprint density at radius 3 is 1.36 bits per heavy atom. The quantitative estimate of drug-likeness (QED) is 0.0355. The number of hydroxylamine groups is 4. The number of anilines is 4.